The van der Waals surface area contributed by atoms with Crippen LogP contribution in [0.3, 0.4) is 0 Å². The third-order valence-corrected chi connectivity index (χ3v) is 2.66. The van der Waals surface area contributed by atoms with Crippen LogP contribution >= 0.6 is 11.8 Å². The maximum absolute atomic E-state index is 11.4. The molecule has 0 heterocycles. The second-order valence-corrected chi connectivity index (χ2v) is 4.16. The van der Waals surface area contributed by atoms with Gasteiger partial charge < -0.3 is 0 Å². The fraction of sp³-hybridized carbons (Fsp3) is 0.250. The summed E-state index contributed by atoms with van der Waals surface area (Å²) in [5.41, 5.74) is 0.753. The van der Waals surface area contributed by atoms with Crippen LogP contribution in [0.15, 0.2) is 41.3 Å². The number of hydrogen-bond acceptors (Lipinski definition) is 2. The molecule has 14 heavy (non-hydrogen) atoms. The molecule has 0 spiro atoms. The Labute approximate surface area is 89.2 Å². The number of hydrogen-bond donors (Lipinski definition) is 0. The molecule has 1 aromatic rings. The van der Waals surface area contributed by atoms with Crippen LogP contribution in [-0.4, -0.2) is 11.5 Å². The standard InChI is InChI=1S/C12H14OS/c1-3-5-12(13)10-6-8-11(9-7-10)14-4-2/h3,5-9H,4H2,1-2H3/b5-3+. The van der Waals surface area contributed by atoms with E-state index in [1.54, 1.807) is 23.9 Å². The highest BCUT2D eigenvalue weighted by Gasteiger charge is 2.00. The lowest BCUT2D eigenvalue weighted by atomic mass is 10.1. The van der Waals surface area contributed by atoms with Crippen molar-refractivity contribution >= 4 is 17.5 Å². The van der Waals surface area contributed by atoms with Gasteiger partial charge in [-0.15, -0.1) is 11.8 Å². The summed E-state index contributed by atoms with van der Waals surface area (Å²) < 4.78 is 0. The summed E-state index contributed by atoms with van der Waals surface area (Å²) in [6.45, 7) is 3.96. The number of benzene rings is 1. The first kappa shape index (κ1) is 11.1. The number of rotatable bonds is 4. The van der Waals surface area contributed by atoms with Gasteiger partial charge in [0.2, 0.25) is 0 Å². The van der Waals surface area contributed by atoms with E-state index in [-0.39, 0.29) is 5.78 Å². The lowest BCUT2D eigenvalue weighted by Crippen LogP contribution is -1.92. The molecule has 1 nitrogen and oxygen atoms in total. The molecule has 0 N–H and O–H groups in total. The number of ketones is 1. The maximum atomic E-state index is 11.4. The molecular formula is C12H14OS. The van der Waals surface area contributed by atoms with Crippen LogP contribution in [0.4, 0.5) is 0 Å². The van der Waals surface area contributed by atoms with E-state index in [1.165, 1.54) is 4.90 Å². The summed E-state index contributed by atoms with van der Waals surface area (Å²) in [6.07, 6.45) is 3.35. The molecule has 74 valence electrons. The van der Waals surface area contributed by atoms with Gasteiger partial charge in [0.1, 0.15) is 0 Å². The first-order valence-electron chi connectivity index (χ1n) is 4.67. The van der Waals surface area contributed by atoms with Crippen LogP contribution in [0, 0.1) is 0 Å². The Morgan fingerprint density at radius 3 is 2.50 bits per heavy atom. The predicted molar refractivity (Wildman–Crippen MR) is 62.0 cm³/mol. The molecule has 0 saturated heterocycles. The van der Waals surface area contributed by atoms with Gasteiger partial charge >= 0.3 is 0 Å². The van der Waals surface area contributed by atoms with Crippen molar-refractivity contribution in [3.8, 4) is 0 Å². The molecule has 0 aromatic heterocycles. The van der Waals surface area contributed by atoms with Crippen LogP contribution in [0.2, 0.25) is 0 Å². The lowest BCUT2D eigenvalue weighted by Gasteiger charge is -1.99. The quantitative estimate of drug-likeness (QED) is 0.425. The summed E-state index contributed by atoms with van der Waals surface area (Å²) in [4.78, 5) is 12.6. The van der Waals surface area contributed by atoms with Crippen molar-refractivity contribution in [3.63, 3.8) is 0 Å². The minimum atomic E-state index is 0.0700. The molecule has 1 rings (SSSR count). The number of thioether (sulfide) groups is 1. The highest BCUT2D eigenvalue weighted by molar-refractivity contribution is 7.99. The van der Waals surface area contributed by atoms with Crippen molar-refractivity contribution in [2.75, 3.05) is 5.75 Å². The molecule has 0 amide bonds. The number of carbonyl (C=O) groups excluding carboxylic acids is 1. The summed E-state index contributed by atoms with van der Waals surface area (Å²) in [6, 6.07) is 7.73. The zero-order valence-corrected chi connectivity index (χ0v) is 9.30. The van der Waals surface area contributed by atoms with E-state index in [4.69, 9.17) is 0 Å². The van der Waals surface area contributed by atoms with Crippen LogP contribution in [0.25, 0.3) is 0 Å². The molecule has 0 unspecified atom stereocenters. The van der Waals surface area contributed by atoms with Crippen molar-refractivity contribution in [3.05, 3.63) is 42.0 Å². The molecular weight excluding hydrogens is 192 g/mol. The van der Waals surface area contributed by atoms with Gasteiger partial charge in [-0.05, 0) is 43.0 Å². The second-order valence-electron chi connectivity index (χ2n) is 2.82. The van der Waals surface area contributed by atoms with E-state index in [1.807, 2.05) is 31.2 Å². The molecule has 0 aliphatic heterocycles. The second kappa shape index (κ2) is 5.66. The zero-order valence-electron chi connectivity index (χ0n) is 8.49. The molecule has 0 radical (unpaired) electrons. The van der Waals surface area contributed by atoms with E-state index in [0.717, 1.165) is 11.3 Å². The minimum absolute atomic E-state index is 0.0700. The van der Waals surface area contributed by atoms with Crippen molar-refractivity contribution in [1.29, 1.82) is 0 Å². The first-order chi connectivity index (χ1) is 6.77. The van der Waals surface area contributed by atoms with Gasteiger partial charge in [-0.3, -0.25) is 4.79 Å². The average Bonchev–Trinajstić information content (AvgIpc) is 2.20. The van der Waals surface area contributed by atoms with Gasteiger partial charge in [0.05, 0.1) is 0 Å². The van der Waals surface area contributed by atoms with Gasteiger partial charge in [-0.1, -0.05) is 13.0 Å². The largest absolute Gasteiger partial charge is 0.289 e. The van der Waals surface area contributed by atoms with Crippen molar-refractivity contribution in [1.82, 2.24) is 0 Å². The van der Waals surface area contributed by atoms with E-state index >= 15 is 0 Å². The number of carbonyl (C=O) groups is 1. The van der Waals surface area contributed by atoms with Gasteiger partial charge in [-0.2, -0.15) is 0 Å². The summed E-state index contributed by atoms with van der Waals surface area (Å²) in [5.74, 6) is 1.13. The van der Waals surface area contributed by atoms with E-state index in [0.29, 0.717) is 0 Å². The number of allylic oxidation sites excluding steroid dienone is 2. The summed E-state index contributed by atoms with van der Waals surface area (Å²) in [5, 5.41) is 0. The molecule has 2 heteroatoms. The molecule has 0 bridgehead atoms. The third kappa shape index (κ3) is 3.04. The monoisotopic (exact) mass is 206 g/mol. The topological polar surface area (TPSA) is 17.1 Å². The SMILES string of the molecule is C/C=C/C(=O)c1ccc(SCC)cc1. The maximum Gasteiger partial charge on any atom is 0.185 e. The fourth-order valence-corrected chi connectivity index (χ4v) is 1.79. The lowest BCUT2D eigenvalue weighted by molar-refractivity contribution is 0.104. The van der Waals surface area contributed by atoms with E-state index < -0.39 is 0 Å². The highest BCUT2D eigenvalue weighted by Crippen LogP contribution is 2.17. The van der Waals surface area contributed by atoms with Crippen LogP contribution in [0.1, 0.15) is 24.2 Å². The Hall–Kier alpha value is -1.02. The highest BCUT2D eigenvalue weighted by atomic mass is 32.2. The Bertz CT molecular complexity index is 325. The predicted octanol–water partition coefficient (Wildman–Crippen LogP) is 3.56. The molecule has 0 atom stereocenters. The molecule has 0 fully saturated rings. The van der Waals surface area contributed by atoms with Crippen molar-refractivity contribution in [2.45, 2.75) is 18.7 Å². The van der Waals surface area contributed by atoms with Crippen molar-refractivity contribution < 1.29 is 4.79 Å². The van der Waals surface area contributed by atoms with Crippen LogP contribution in [-0.2, 0) is 0 Å². The van der Waals surface area contributed by atoms with E-state index in [9.17, 15) is 4.79 Å². The Balaban J connectivity index is 2.77. The molecule has 0 aliphatic carbocycles. The summed E-state index contributed by atoms with van der Waals surface area (Å²) in [7, 11) is 0. The fourth-order valence-electron chi connectivity index (χ4n) is 1.13. The minimum Gasteiger partial charge on any atom is -0.289 e. The van der Waals surface area contributed by atoms with Gasteiger partial charge in [-0.25, -0.2) is 0 Å². The van der Waals surface area contributed by atoms with Crippen molar-refractivity contribution in [2.24, 2.45) is 0 Å². The average molecular weight is 206 g/mol. The molecule has 1 aromatic carbocycles. The van der Waals surface area contributed by atoms with Gasteiger partial charge in [0.25, 0.3) is 0 Å². The first-order valence-corrected chi connectivity index (χ1v) is 5.66. The molecule has 0 saturated carbocycles. The van der Waals surface area contributed by atoms with Crippen LogP contribution in [0.5, 0.6) is 0 Å². The third-order valence-electron chi connectivity index (χ3n) is 1.77. The Morgan fingerprint density at radius 1 is 1.36 bits per heavy atom. The smallest absolute Gasteiger partial charge is 0.185 e. The van der Waals surface area contributed by atoms with Crippen LogP contribution < -0.4 is 0 Å². The summed E-state index contributed by atoms with van der Waals surface area (Å²) >= 11 is 1.78. The molecule has 0 aliphatic rings. The zero-order chi connectivity index (χ0) is 10.4. The Kier molecular flexibility index (Phi) is 4.47. The van der Waals surface area contributed by atoms with Gasteiger partial charge in [0.15, 0.2) is 5.78 Å². The normalized spacial score (nSPS) is 10.7. The van der Waals surface area contributed by atoms with Gasteiger partial charge in [0, 0.05) is 10.5 Å². The Morgan fingerprint density at radius 2 is 2.00 bits per heavy atom. The van der Waals surface area contributed by atoms with E-state index in [2.05, 4.69) is 6.92 Å².